The van der Waals surface area contributed by atoms with E-state index in [1.54, 1.807) is 18.4 Å². The Bertz CT molecular complexity index is 736. The van der Waals surface area contributed by atoms with E-state index in [0.717, 1.165) is 28.0 Å². The van der Waals surface area contributed by atoms with E-state index in [4.69, 9.17) is 9.15 Å². The van der Waals surface area contributed by atoms with Gasteiger partial charge in [0.25, 0.3) is 0 Å². The van der Waals surface area contributed by atoms with Crippen molar-refractivity contribution < 1.29 is 14.3 Å². The fourth-order valence-corrected chi connectivity index (χ4v) is 3.11. The van der Waals surface area contributed by atoms with Crippen LogP contribution < -0.4 is 10.1 Å². The third-order valence-electron chi connectivity index (χ3n) is 3.72. The zero-order valence-electron chi connectivity index (χ0n) is 12.6. The quantitative estimate of drug-likeness (QED) is 0.724. The lowest BCUT2D eigenvalue weighted by atomic mass is 10.1. The number of aliphatic hydroxyl groups is 1. The van der Waals surface area contributed by atoms with Crippen molar-refractivity contribution >= 4 is 22.3 Å². The minimum Gasteiger partial charge on any atom is -0.493 e. The van der Waals surface area contributed by atoms with Crippen LogP contribution in [0.2, 0.25) is 0 Å². The third kappa shape index (κ3) is 3.02. The van der Waals surface area contributed by atoms with Gasteiger partial charge >= 0.3 is 0 Å². The summed E-state index contributed by atoms with van der Waals surface area (Å²) in [7, 11) is 1.63. The molecule has 0 saturated heterocycles. The van der Waals surface area contributed by atoms with Gasteiger partial charge in [0, 0.05) is 11.9 Å². The standard InChI is InChI=1S/C17H19NO3S/c1-11(18-9-14(19)13-6-7-22-10-13)16-8-12-4-3-5-15(20-2)17(12)21-16/h3-8,10-11,14,18-19H,9H2,1-2H3. The summed E-state index contributed by atoms with van der Waals surface area (Å²) in [5.74, 6) is 1.56. The summed E-state index contributed by atoms with van der Waals surface area (Å²) in [6.07, 6.45) is -0.507. The highest BCUT2D eigenvalue weighted by molar-refractivity contribution is 7.07. The minimum absolute atomic E-state index is 0.00499. The van der Waals surface area contributed by atoms with E-state index in [1.807, 2.05) is 48.0 Å². The van der Waals surface area contributed by atoms with E-state index in [1.165, 1.54) is 0 Å². The number of hydrogen-bond donors (Lipinski definition) is 2. The van der Waals surface area contributed by atoms with Gasteiger partial charge in [-0.3, -0.25) is 0 Å². The topological polar surface area (TPSA) is 54.6 Å². The molecule has 2 atom stereocenters. The summed E-state index contributed by atoms with van der Waals surface area (Å²) in [6.45, 7) is 2.50. The maximum atomic E-state index is 10.1. The Balaban J connectivity index is 1.71. The fourth-order valence-electron chi connectivity index (χ4n) is 2.40. The van der Waals surface area contributed by atoms with E-state index in [-0.39, 0.29) is 6.04 Å². The number of fused-ring (bicyclic) bond motifs is 1. The van der Waals surface area contributed by atoms with Crippen molar-refractivity contribution in [1.82, 2.24) is 5.32 Å². The molecule has 116 valence electrons. The summed E-state index contributed by atoms with van der Waals surface area (Å²) < 4.78 is 11.2. The molecule has 4 nitrogen and oxygen atoms in total. The van der Waals surface area contributed by atoms with Crippen LogP contribution in [0.3, 0.4) is 0 Å². The molecular formula is C17H19NO3S. The first-order chi connectivity index (χ1) is 10.7. The van der Waals surface area contributed by atoms with Crippen LogP contribution in [-0.2, 0) is 0 Å². The summed E-state index contributed by atoms with van der Waals surface area (Å²) >= 11 is 1.59. The van der Waals surface area contributed by atoms with Crippen molar-refractivity contribution in [1.29, 1.82) is 0 Å². The maximum absolute atomic E-state index is 10.1. The zero-order chi connectivity index (χ0) is 15.5. The molecule has 0 aliphatic carbocycles. The predicted molar refractivity (Wildman–Crippen MR) is 88.5 cm³/mol. The number of nitrogens with one attached hydrogen (secondary N) is 1. The molecule has 0 radical (unpaired) electrons. The number of aliphatic hydroxyl groups excluding tert-OH is 1. The van der Waals surface area contributed by atoms with Gasteiger partial charge in [-0.1, -0.05) is 12.1 Å². The number of hydrogen-bond acceptors (Lipinski definition) is 5. The van der Waals surface area contributed by atoms with Crippen molar-refractivity contribution in [3.8, 4) is 5.75 Å². The molecule has 2 heterocycles. The molecule has 3 aromatic rings. The molecule has 0 aliphatic heterocycles. The lowest BCUT2D eigenvalue weighted by Crippen LogP contribution is -2.24. The van der Waals surface area contributed by atoms with E-state index < -0.39 is 6.10 Å². The molecule has 22 heavy (non-hydrogen) atoms. The second-order valence-electron chi connectivity index (χ2n) is 5.23. The van der Waals surface area contributed by atoms with Gasteiger partial charge in [-0.15, -0.1) is 0 Å². The Labute approximate surface area is 133 Å². The van der Waals surface area contributed by atoms with Crippen LogP contribution in [-0.4, -0.2) is 18.8 Å². The van der Waals surface area contributed by atoms with Crippen molar-refractivity contribution in [2.24, 2.45) is 0 Å². The van der Waals surface area contributed by atoms with Crippen LogP contribution in [0.5, 0.6) is 5.75 Å². The average molecular weight is 317 g/mol. The normalized spacial score (nSPS) is 14.1. The van der Waals surface area contributed by atoms with Gasteiger partial charge < -0.3 is 19.6 Å². The van der Waals surface area contributed by atoms with Gasteiger partial charge in [0.15, 0.2) is 11.3 Å². The highest BCUT2D eigenvalue weighted by Crippen LogP contribution is 2.31. The first kappa shape index (κ1) is 15.1. The van der Waals surface area contributed by atoms with Gasteiger partial charge in [0.05, 0.1) is 19.3 Å². The Morgan fingerprint density at radius 3 is 2.95 bits per heavy atom. The van der Waals surface area contributed by atoms with E-state index >= 15 is 0 Å². The number of thiophene rings is 1. The zero-order valence-corrected chi connectivity index (χ0v) is 13.4. The Kier molecular flexibility index (Phi) is 4.47. The van der Waals surface area contributed by atoms with E-state index in [0.29, 0.717) is 6.54 Å². The van der Waals surface area contributed by atoms with Gasteiger partial charge in [-0.2, -0.15) is 11.3 Å². The van der Waals surface area contributed by atoms with Crippen LogP contribution in [0.1, 0.15) is 30.4 Å². The number of para-hydroxylation sites is 1. The molecule has 3 rings (SSSR count). The molecule has 1 aromatic carbocycles. The third-order valence-corrected chi connectivity index (χ3v) is 4.42. The van der Waals surface area contributed by atoms with Crippen LogP contribution in [0.25, 0.3) is 11.0 Å². The average Bonchev–Trinajstić information content (AvgIpc) is 3.20. The molecule has 0 bridgehead atoms. The monoisotopic (exact) mass is 317 g/mol. The van der Waals surface area contributed by atoms with Crippen molar-refractivity contribution in [3.63, 3.8) is 0 Å². The molecule has 0 spiro atoms. The predicted octanol–water partition coefficient (Wildman–Crippen LogP) is 3.89. The number of ether oxygens (including phenoxy) is 1. The molecule has 0 fully saturated rings. The summed E-state index contributed by atoms with van der Waals surface area (Å²) in [6, 6.07) is 9.77. The maximum Gasteiger partial charge on any atom is 0.176 e. The largest absolute Gasteiger partial charge is 0.493 e. The molecule has 2 N–H and O–H groups in total. The minimum atomic E-state index is -0.507. The fraction of sp³-hybridized carbons (Fsp3) is 0.294. The molecule has 0 saturated carbocycles. The molecule has 5 heteroatoms. The summed E-state index contributed by atoms with van der Waals surface area (Å²) in [4.78, 5) is 0. The Hall–Kier alpha value is -1.82. The molecule has 2 unspecified atom stereocenters. The first-order valence-electron chi connectivity index (χ1n) is 7.19. The second kappa shape index (κ2) is 6.52. The number of methoxy groups -OCH3 is 1. The Morgan fingerprint density at radius 1 is 1.36 bits per heavy atom. The van der Waals surface area contributed by atoms with Crippen molar-refractivity contribution in [2.75, 3.05) is 13.7 Å². The highest BCUT2D eigenvalue weighted by atomic mass is 32.1. The molecule has 0 amide bonds. The van der Waals surface area contributed by atoms with Crippen LogP contribution >= 0.6 is 11.3 Å². The molecular weight excluding hydrogens is 298 g/mol. The molecule has 0 aliphatic rings. The van der Waals surface area contributed by atoms with E-state index in [2.05, 4.69) is 5.32 Å². The lowest BCUT2D eigenvalue weighted by Gasteiger charge is -2.14. The van der Waals surface area contributed by atoms with Crippen molar-refractivity contribution in [2.45, 2.75) is 19.1 Å². The van der Waals surface area contributed by atoms with Gasteiger partial charge in [0.2, 0.25) is 0 Å². The first-order valence-corrected chi connectivity index (χ1v) is 8.13. The van der Waals surface area contributed by atoms with Crippen LogP contribution in [0.15, 0.2) is 45.5 Å². The SMILES string of the molecule is COc1cccc2cc(C(C)NCC(O)c3ccsc3)oc12. The van der Waals surface area contributed by atoms with Crippen molar-refractivity contribution in [3.05, 3.63) is 52.4 Å². The smallest absolute Gasteiger partial charge is 0.176 e. The number of furan rings is 1. The lowest BCUT2D eigenvalue weighted by molar-refractivity contribution is 0.169. The van der Waals surface area contributed by atoms with E-state index in [9.17, 15) is 5.11 Å². The van der Waals surface area contributed by atoms with Crippen LogP contribution in [0, 0.1) is 0 Å². The van der Waals surface area contributed by atoms with Gasteiger partial charge in [0.1, 0.15) is 5.76 Å². The number of benzene rings is 1. The molecule has 2 aromatic heterocycles. The number of rotatable bonds is 6. The second-order valence-corrected chi connectivity index (χ2v) is 6.01. The van der Waals surface area contributed by atoms with Gasteiger partial charge in [-0.05, 0) is 41.4 Å². The Morgan fingerprint density at radius 2 is 2.23 bits per heavy atom. The highest BCUT2D eigenvalue weighted by Gasteiger charge is 2.15. The summed E-state index contributed by atoms with van der Waals surface area (Å²) in [5.41, 5.74) is 1.70. The summed E-state index contributed by atoms with van der Waals surface area (Å²) in [5, 5.41) is 18.4. The van der Waals surface area contributed by atoms with Gasteiger partial charge in [-0.25, -0.2) is 0 Å². The van der Waals surface area contributed by atoms with Crippen LogP contribution in [0.4, 0.5) is 0 Å².